The highest BCUT2D eigenvalue weighted by molar-refractivity contribution is 5.85. The summed E-state index contributed by atoms with van der Waals surface area (Å²) in [4.78, 5) is 14.6. The smallest absolute Gasteiger partial charge is 0.251 e. The highest BCUT2D eigenvalue weighted by atomic mass is 35.5. The molecule has 0 aromatic heterocycles. The van der Waals surface area contributed by atoms with Crippen molar-refractivity contribution in [3.8, 4) is 0 Å². The van der Waals surface area contributed by atoms with Crippen LogP contribution in [0, 0.1) is 5.82 Å². The first kappa shape index (κ1) is 18.2. The number of hydrogen-bond acceptors (Lipinski definition) is 3. The molecule has 0 aliphatic carbocycles. The van der Waals surface area contributed by atoms with Crippen LogP contribution in [-0.2, 0) is 9.53 Å². The molecule has 23 heavy (non-hydrogen) atoms. The van der Waals surface area contributed by atoms with E-state index in [4.69, 9.17) is 10.5 Å². The number of hydrogen-bond donors (Lipinski definition) is 1. The maximum atomic E-state index is 13.0. The monoisotopic (exact) mass is 342 g/mol. The number of rotatable bonds is 3. The van der Waals surface area contributed by atoms with Crippen molar-refractivity contribution in [2.75, 3.05) is 13.1 Å². The van der Waals surface area contributed by atoms with Crippen molar-refractivity contribution in [3.63, 3.8) is 0 Å². The summed E-state index contributed by atoms with van der Waals surface area (Å²) in [7, 11) is 0. The summed E-state index contributed by atoms with van der Waals surface area (Å²) in [6.45, 7) is 3.22. The third kappa shape index (κ3) is 3.84. The lowest BCUT2D eigenvalue weighted by molar-refractivity contribution is -0.143. The molecule has 1 aromatic rings. The van der Waals surface area contributed by atoms with E-state index in [0.717, 1.165) is 24.8 Å². The Morgan fingerprint density at radius 3 is 2.65 bits per heavy atom. The molecule has 2 aliphatic heterocycles. The molecule has 2 fully saturated rings. The predicted octanol–water partition coefficient (Wildman–Crippen LogP) is 2.46. The van der Waals surface area contributed by atoms with Crippen LogP contribution in [0.15, 0.2) is 24.3 Å². The first-order chi connectivity index (χ1) is 10.6. The lowest BCUT2D eigenvalue weighted by Gasteiger charge is -2.25. The maximum Gasteiger partial charge on any atom is 0.251 e. The normalized spacial score (nSPS) is 30.3. The molecule has 2 saturated heterocycles. The standard InChI is InChI=1S/C17H23FN2O2.ClH/c1-11-8-13(12-2-4-14(18)5-3-12)10-20(11)17(21)16-7-6-15(9-19)22-16;/h2-5,11,13,15-16H,6-10,19H2,1H3;1H/t11?,13?,15-,16+;/m1./s1. The summed E-state index contributed by atoms with van der Waals surface area (Å²) in [5.74, 6) is 0.120. The van der Waals surface area contributed by atoms with E-state index in [1.54, 1.807) is 0 Å². The van der Waals surface area contributed by atoms with Crippen LogP contribution in [0.25, 0.3) is 0 Å². The number of nitrogens with zero attached hydrogens (tertiary/aromatic N) is 1. The summed E-state index contributed by atoms with van der Waals surface area (Å²) in [5, 5.41) is 0. The fourth-order valence-electron chi connectivity index (χ4n) is 3.56. The number of amides is 1. The number of likely N-dealkylation sites (tertiary alicyclic amines) is 1. The zero-order chi connectivity index (χ0) is 15.7. The van der Waals surface area contributed by atoms with Gasteiger partial charge < -0.3 is 15.4 Å². The Bertz CT molecular complexity index is 540. The Kier molecular flexibility index (Phi) is 6.00. The summed E-state index contributed by atoms with van der Waals surface area (Å²) in [5.41, 5.74) is 6.70. The molecule has 0 saturated carbocycles. The van der Waals surface area contributed by atoms with E-state index < -0.39 is 0 Å². The van der Waals surface area contributed by atoms with Gasteiger partial charge in [0.15, 0.2) is 0 Å². The zero-order valence-corrected chi connectivity index (χ0v) is 14.1. The average molecular weight is 343 g/mol. The summed E-state index contributed by atoms with van der Waals surface area (Å²) in [6, 6.07) is 6.78. The zero-order valence-electron chi connectivity index (χ0n) is 13.3. The highest BCUT2D eigenvalue weighted by Crippen LogP contribution is 2.33. The van der Waals surface area contributed by atoms with Crippen molar-refractivity contribution < 1.29 is 13.9 Å². The first-order valence-electron chi connectivity index (χ1n) is 8.00. The lowest BCUT2D eigenvalue weighted by Crippen LogP contribution is -2.41. The summed E-state index contributed by atoms with van der Waals surface area (Å²) >= 11 is 0. The second-order valence-electron chi connectivity index (χ2n) is 6.38. The Labute approximate surface area is 142 Å². The van der Waals surface area contributed by atoms with Crippen molar-refractivity contribution in [1.29, 1.82) is 0 Å². The SMILES string of the molecule is CC1CC(c2ccc(F)cc2)CN1C(=O)[C@@H]1CC[C@H](CN)O1.Cl. The van der Waals surface area contributed by atoms with E-state index in [0.29, 0.717) is 13.1 Å². The molecule has 1 amide bonds. The van der Waals surface area contributed by atoms with Crippen molar-refractivity contribution in [2.24, 2.45) is 5.73 Å². The van der Waals surface area contributed by atoms with Crippen molar-refractivity contribution in [1.82, 2.24) is 4.90 Å². The molecule has 128 valence electrons. The second kappa shape index (κ2) is 7.60. The molecule has 1 aromatic carbocycles. The number of ether oxygens (including phenoxy) is 1. The van der Waals surface area contributed by atoms with Crippen LogP contribution in [0.5, 0.6) is 0 Å². The molecule has 2 unspecified atom stereocenters. The van der Waals surface area contributed by atoms with Gasteiger partial charge in [-0.15, -0.1) is 12.4 Å². The van der Waals surface area contributed by atoms with Crippen LogP contribution in [-0.4, -0.2) is 42.1 Å². The van der Waals surface area contributed by atoms with E-state index in [-0.39, 0.29) is 48.3 Å². The van der Waals surface area contributed by atoms with E-state index in [9.17, 15) is 9.18 Å². The number of halogens is 2. The quantitative estimate of drug-likeness (QED) is 0.918. The maximum absolute atomic E-state index is 13.0. The van der Waals surface area contributed by atoms with E-state index >= 15 is 0 Å². The third-order valence-electron chi connectivity index (χ3n) is 4.85. The number of carbonyl (C=O) groups is 1. The fourth-order valence-corrected chi connectivity index (χ4v) is 3.56. The molecule has 2 heterocycles. The van der Waals surface area contributed by atoms with Crippen molar-refractivity contribution in [2.45, 2.75) is 50.4 Å². The van der Waals surface area contributed by atoms with Gasteiger partial charge in [0.1, 0.15) is 11.9 Å². The van der Waals surface area contributed by atoms with E-state index in [1.165, 1.54) is 12.1 Å². The van der Waals surface area contributed by atoms with Gasteiger partial charge in [0, 0.05) is 25.0 Å². The largest absolute Gasteiger partial charge is 0.364 e. The molecule has 4 atom stereocenters. The van der Waals surface area contributed by atoms with Gasteiger partial charge in [-0.1, -0.05) is 12.1 Å². The van der Waals surface area contributed by atoms with Gasteiger partial charge in [-0.05, 0) is 43.9 Å². The van der Waals surface area contributed by atoms with Gasteiger partial charge in [0.25, 0.3) is 5.91 Å². The Morgan fingerprint density at radius 1 is 1.35 bits per heavy atom. The molecule has 0 spiro atoms. The molecule has 0 radical (unpaired) electrons. The molecule has 0 bridgehead atoms. The highest BCUT2D eigenvalue weighted by Gasteiger charge is 2.39. The first-order valence-corrected chi connectivity index (χ1v) is 8.00. The fraction of sp³-hybridized carbons (Fsp3) is 0.588. The number of benzene rings is 1. The van der Waals surface area contributed by atoms with Crippen LogP contribution in [0.2, 0.25) is 0 Å². The lowest BCUT2D eigenvalue weighted by atomic mass is 9.97. The van der Waals surface area contributed by atoms with Gasteiger partial charge in [-0.25, -0.2) is 4.39 Å². The van der Waals surface area contributed by atoms with Gasteiger partial charge in [0.2, 0.25) is 0 Å². The minimum atomic E-state index is -0.344. The minimum Gasteiger partial charge on any atom is -0.364 e. The van der Waals surface area contributed by atoms with Crippen LogP contribution < -0.4 is 5.73 Å². The Morgan fingerprint density at radius 2 is 2.04 bits per heavy atom. The molecule has 3 rings (SSSR count). The molecular formula is C17H24ClFN2O2. The Hall–Kier alpha value is -1.17. The summed E-state index contributed by atoms with van der Waals surface area (Å²) < 4.78 is 18.8. The molecule has 2 N–H and O–H groups in total. The molecule has 6 heteroatoms. The summed E-state index contributed by atoms with van der Waals surface area (Å²) in [6.07, 6.45) is 2.19. The minimum absolute atomic E-state index is 0. The second-order valence-corrected chi connectivity index (χ2v) is 6.38. The van der Waals surface area contributed by atoms with Gasteiger partial charge in [-0.2, -0.15) is 0 Å². The Balaban J connectivity index is 0.00000192. The van der Waals surface area contributed by atoms with Crippen molar-refractivity contribution >= 4 is 18.3 Å². The van der Waals surface area contributed by atoms with Crippen LogP contribution >= 0.6 is 12.4 Å². The van der Waals surface area contributed by atoms with Gasteiger partial charge in [0.05, 0.1) is 6.10 Å². The van der Waals surface area contributed by atoms with Crippen LogP contribution in [0.4, 0.5) is 4.39 Å². The van der Waals surface area contributed by atoms with Crippen LogP contribution in [0.1, 0.15) is 37.7 Å². The third-order valence-corrected chi connectivity index (χ3v) is 4.85. The van der Waals surface area contributed by atoms with E-state index in [1.807, 2.05) is 17.0 Å². The molecule has 4 nitrogen and oxygen atoms in total. The number of nitrogens with two attached hydrogens (primary N) is 1. The molecule has 2 aliphatic rings. The van der Waals surface area contributed by atoms with E-state index in [2.05, 4.69) is 6.92 Å². The van der Waals surface area contributed by atoms with Gasteiger partial charge >= 0.3 is 0 Å². The predicted molar refractivity (Wildman–Crippen MR) is 89.1 cm³/mol. The van der Waals surface area contributed by atoms with Crippen molar-refractivity contribution in [3.05, 3.63) is 35.6 Å². The molecular weight excluding hydrogens is 319 g/mol. The van der Waals surface area contributed by atoms with Crippen LogP contribution in [0.3, 0.4) is 0 Å². The average Bonchev–Trinajstić information content (AvgIpc) is 3.14. The number of carbonyl (C=O) groups excluding carboxylic acids is 1. The van der Waals surface area contributed by atoms with Gasteiger partial charge in [-0.3, -0.25) is 4.79 Å². The topological polar surface area (TPSA) is 55.6 Å².